The highest BCUT2D eigenvalue weighted by Gasteiger charge is 2.23. The highest BCUT2D eigenvalue weighted by Crippen LogP contribution is 2.19. The van der Waals surface area contributed by atoms with Crippen molar-refractivity contribution in [1.29, 1.82) is 0 Å². The van der Waals surface area contributed by atoms with Crippen molar-refractivity contribution in [2.75, 3.05) is 0 Å². The van der Waals surface area contributed by atoms with Crippen LogP contribution in [0.15, 0.2) is 16.7 Å². The number of aromatic nitrogens is 1. The average Bonchev–Trinajstić information content (AvgIpc) is 2.69. The maximum atomic E-state index is 12.3. The minimum atomic E-state index is -1.01. The fourth-order valence-electron chi connectivity index (χ4n) is 1.98. The quantitative estimate of drug-likeness (QED) is 0.832. The average molecular weight is 345 g/mol. The summed E-state index contributed by atoms with van der Waals surface area (Å²) in [5.41, 5.74) is 0.460. The highest BCUT2D eigenvalue weighted by atomic mass is 79.9. The number of nitrogens with one attached hydrogen (secondary N) is 1. The van der Waals surface area contributed by atoms with E-state index in [-0.39, 0.29) is 17.9 Å². The Bertz CT molecular complexity index is 495. The molecule has 0 aromatic carbocycles. The number of carbonyl (C=O) groups excluding carboxylic acids is 1. The third-order valence-electron chi connectivity index (χ3n) is 2.91. The van der Waals surface area contributed by atoms with E-state index in [9.17, 15) is 14.7 Å². The monoisotopic (exact) mass is 344 g/mol. The Hall–Kier alpha value is -1.30. The molecule has 1 rings (SSSR count). The molecule has 0 radical (unpaired) electrons. The number of carbonyl (C=O) groups is 2. The molecule has 20 heavy (non-hydrogen) atoms. The van der Waals surface area contributed by atoms with E-state index in [0.29, 0.717) is 12.1 Å². The number of amides is 1. The van der Waals surface area contributed by atoms with Crippen LogP contribution in [0, 0.1) is 5.92 Å². The van der Waals surface area contributed by atoms with E-state index in [1.807, 2.05) is 38.5 Å². The maximum Gasteiger partial charge on any atom is 0.326 e. The fraction of sp³-hybridized carbons (Fsp3) is 0.571. The summed E-state index contributed by atoms with van der Waals surface area (Å²) in [6.07, 6.45) is 2.22. The van der Waals surface area contributed by atoms with E-state index in [1.54, 1.807) is 6.07 Å². The minimum absolute atomic E-state index is 0.121. The normalized spacial score (nSPS) is 12.8. The van der Waals surface area contributed by atoms with E-state index in [4.69, 9.17) is 0 Å². The van der Waals surface area contributed by atoms with E-state index >= 15 is 0 Å². The summed E-state index contributed by atoms with van der Waals surface area (Å²) in [5.74, 6) is -1.17. The Balaban J connectivity index is 2.92. The number of aliphatic carboxylic acids is 1. The fourth-order valence-corrected chi connectivity index (χ4v) is 2.42. The lowest BCUT2D eigenvalue weighted by Crippen LogP contribution is -2.42. The SMILES string of the molecule is CC(C)CC(NC(=O)c1cc(Br)cn1C(C)C)C(=O)O. The Morgan fingerprint density at radius 3 is 2.40 bits per heavy atom. The van der Waals surface area contributed by atoms with Crippen molar-refractivity contribution in [1.82, 2.24) is 9.88 Å². The molecule has 6 heteroatoms. The van der Waals surface area contributed by atoms with Crippen molar-refractivity contribution in [3.8, 4) is 0 Å². The first-order chi connectivity index (χ1) is 9.22. The maximum absolute atomic E-state index is 12.3. The topological polar surface area (TPSA) is 71.3 Å². The lowest BCUT2D eigenvalue weighted by molar-refractivity contribution is -0.139. The molecule has 0 aliphatic heterocycles. The first kappa shape index (κ1) is 16.8. The smallest absolute Gasteiger partial charge is 0.326 e. The van der Waals surface area contributed by atoms with Gasteiger partial charge in [0.15, 0.2) is 0 Å². The van der Waals surface area contributed by atoms with Crippen LogP contribution in [-0.4, -0.2) is 27.6 Å². The van der Waals surface area contributed by atoms with Crippen molar-refractivity contribution in [2.24, 2.45) is 5.92 Å². The molecule has 0 spiro atoms. The zero-order valence-electron chi connectivity index (χ0n) is 12.2. The number of hydrogen-bond acceptors (Lipinski definition) is 2. The number of halogens is 1. The van der Waals surface area contributed by atoms with Gasteiger partial charge >= 0.3 is 5.97 Å². The minimum Gasteiger partial charge on any atom is -0.480 e. The zero-order chi connectivity index (χ0) is 15.4. The van der Waals surface area contributed by atoms with Crippen LogP contribution in [0.5, 0.6) is 0 Å². The summed E-state index contributed by atoms with van der Waals surface area (Å²) in [7, 11) is 0. The molecule has 0 saturated heterocycles. The molecule has 1 amide bonds. The molecular weight excluding hydrogens is 324 g/mol. The molecular formula is C14H21BrN2O3. The van der Waals surface area contributed by atoms with Crippen LogP contribution >= 0.6 is 15.9 Å². The van der Waals surface area contributed by atoms with Gasteiger partial charge in [-0.1, -0.05) is 13.8 Å². The molecule has 0 saturated carbocycles. The van der Waals surface area contributed by atoms with Crippen LogP contribution in [0.4, 0.5) is 0 Å². The van der Waals surface area contributed by atoms with Gasteiger partial charge in [-0.25, -0.2) is 4.79 Å². The Kier molecular flexibility index (Phi) is 5.80. The van der Waals surface area contributed by atoms with Crippen LogP contribution in [0.25, 0.3) is 0 Å². The summed E-state index contributed by atoms with van der Waals surface area (Å²) in [4.78, 5) is 23.5. The molecule has 1 aromatic rings. The summed E-state index contributed by atoms with van der Waals surface area (Å²) in [6, 6.07) is 0.955. The van der Waals surface area contributed by atoms with Gasteiger partial charge < -0.3 is 15.0 Å². The molecule has 0 aliphatic rings. The number of nitrogens with zero attached hydrogens (tertiary/aromatic N) is 1. The van der Waals surface area contributed by atoms with Gasteiger partial charge in [-0.05, 0) is 48.2 Å². The summed E-state index contributed by atoms with van der Waals surface area (Å²) in [6.45, 7) is 7.78. The molecule has 1 aromatic heterocycles. The van der Waals surface area contributed by atoms with Gasteiger partial charge in [-0.3, -0.25) is 4.79 Å². The van der Waals surface area contributed by atoms with Gasteiger partial charge in [0, 0.05) is 16.7 Å². The standard InChI is InChI=1S/C14H21BrN2O3/c1-8(2)5-11(14(19)20)16-13(18)12-6-10(15)7-17(12)9(3)4/h6-9,11H,5H2,1-4H3,(H,16,18)(H,19,20). The molecule has 2 N–H and O–H groups in total. The molecule has 1 heterocycles. The van der Waals surface area contributed by atoms with Crippen LogP contribution in [-0.2, 0) is 4.79 Å². The zero-order valence-corrected chi connectivity index (χ0v) is 13.8. The molecule has 112 valence electrons. The lowest BCUT2D eigenvalue weighted by Gasteiger charge is -2.18. The Morgan fingerprint density at radius 2 is 1.95 bits per heavy atom. The molecule has 1 atom stereocenters. The van der Waals surface area contributed by atoms with Gasteiger partial charge in [0.1, 0.15) is 11.7 Å². The van der Waals surface area contributed by atoms with Gasteiger partial charge in [0.2, 0.25) is 0 Å². The second kappa shape index (κ2) is 6.92. The van der Waals surface area contributed by atoms with Crippen LogP contribution < -0.4 is 5.32 Å². The number of hydrogen-bond donors (Lipinski definition) is 2. The summed E-state index contributed by atoms with van der Waals surface area (Å²) in [5, 5.41) is 11.8. The number of rotatable bonds is 6. The van der Waals surface area contributed by atoms with E-state index < -0.39 is 12.0 Å². The van der Waals surface area contributed by atoms with Gasteiger partial charge in [-0.2, -0.15) is 0 Å². The van der Waals surface area contributed by atoms with Crippen molar-refractivity contribution < 1.29 is 14.7 Å². The lowest BCUT2D eigenvalue weighted by atomic mass is 10.0. The first-order valence-corrected chi connectivity index (χ1v) is 7.42. The highest BCUT2D eigenvalue weighted by molar-refractivity contribution is 9.10. The van der Waals surface area contributed by atoms with E-state index in [1.165, 1.54) is 0 Å². The Morgan fingerprint density at radius 1 is 1.35 bits per heavy atom. The van der Waals surface area contributed by atoms with Crippen molar-refractivity contribution >= 4 is 27.8 Å². The van der Waals surface area contributed by atoms with Gasteiger partial charge in [0.05, 0.1) is 0 Å². The van der Waals surface area contributed by atoms with Crippen LogP contribution in [0.2, 0.25) is 0 Å². The molecule has 1 unspecified atom stereocenters. The number of carboxylic acids is 1. The summed E-state index contributed by atoms with van der Waals surface area (Å²) < 4.78 is 2.61. The molecule has 0 fully saturated rings. The molecule has 0 bridgehead atoms. The molecule has 5 nitrogen and oxygen atoms in total. The third kappa shape index (κ3) is 4.37. The van der Waals surface area contributed by atoms with Gasteiger partial charge in [-0.15, -0.1) is 0 Å². The van der Waals surface area contributed by atoms with E-state index in [2.05, 4.69) is 21.2 Å². The van der Waals surface area contributed by atoms with Crippen LogP contribution in [0.3, 0.4) is 0 Å². The van der Waals surface area contributed by atoms with Crippen molar-refractivity contribution in [3.63, 3.8) is 0 Å². The third-order valence-corrected chi connectivity index (χ3v) is 3.35. The predicted octanol–water partition coefficient (Wildman–Crippen LogP) is 3.06. The predicted molar refractivity (Wildman–Crippen MR) is 80.9 cm³/mol. The molecule has 0 aliphatic carbocycles. The van der Waals surface area contributed by atoms with Crippen LogP contribution in [0.1, 0.15) is 50.6 Å². The van der Waals surface area contributed by atoms with Gasteiger partial charge in [0.25, 0.3) is 5.91 Å². The second-order valence-corrected chi connectivity index (χ2v) is 6.45. The Labute approximate surface area is 127 Å². The largest absolute Gasteiger partial charge is 0.480 e. The summed E-state index contributed by atoms with van der Waals surface area (Å²) >= 11 is 3.34. The first-order valence-electron chi connectivity index (χ1n) is 6.63. The van der Waals surface area contributed by atoms with Crippen molar-refractivity contribution in [2.45, 2.75) is 46.2 Å². The second-order valence-electron chi connectivity index (χ2n) is 5.54. The number of carboxylic acid groups (broad SMARTS) is 1. The van der Waals surface area contributed by atoms with Crippen molar-refractivity contribution in [3.05, 3.63) is 22.4 Å². The van der Waals surface area contributed by atoms with E-state index in [0.717, 1.165) is 4.47 Å².